The summed E-state index contributed by atoms with van der Waals surface area (Å²) in [5.41, 5.74) is 16.0. The second-order valence-electron chi connectivity index (χ2n) is 14.5. The number of rotatable bonds is 6. The zero-order valence-electron chi connectivity index (χ0n) is 29.8. The second kappa shape index (κ2) is 12.5. The maximum Gasteiger partial charge on any atom is 0.0540 e. The lowest BCUT2D eigenvalue weighted by molar-refractivity contribution is 0.660. The van der Waals surface area contributed by atoms with Gasteiger partial charge in [-0.05, 0) is 80.9 Å². The van der Waals surface area contributed by atoms with Gasteiger partial charge in [-0.1, -0.05) is 166 Å². The molecule has 0 N–H and O–H groups in total. The predicted octanol–water partition coefficient (Wildman–Crippen LogP) is 14.8. The van der Waals surface area contributed by atoms with Crippen LogP contribution in [-0.4, -0.2) is 0 Å². The molecule has 0 saturated heterocycles. The molecule has 1 aliphatic carbocycles. The van der Waals surface area contributed by atoms with Crippen molar-refractivity contribution in [2.75, 3.05) is 4.90 Å². The van der Waals surface area contributed by atoms with Gasteiger partial charge in [0.25, 0.3) is 0 Å². The minimum absolute atomic E-state index is 0.0879. The lowest BCUT2D eigenvalue weighted by Crippen LogP contribution is -2.15. The Balaban J connectivity index is 1.26. The molecule has 0 unspecified atom stereocenters. The van der Waals surface area contributed by atoms with Crippen molar-refractivity contribution in [1.82, 2.24) is 0 Å². The zero-order chi connectivity index (χ0) is 35.5. The molecule has 53 heavy (non-hydrogen) atoms. The minimum atomic E-state index is -0.0879. The van der Waals surface area contributed by atoms with E-state index >= 15 is 0 Å². The molecule has 9 aromatic rings. The van der Waals surface area contributed by atoms with Crippen LogP contribution >= 0.6 is 11.3 Å². The van der Waals surface area contributed by atoms with E-state index in [-0.39, 0.29) is 5.41 Å². The number of anilines is 3. The third-order valence-electron chi connectivity index (χ3n) is 11.1. The minimum Gasteiger partial charge on any atom is -0.309 e. The highest BCUT2D eigenvalue weighted by atomic mass is 32.1. The summed E-state index contributed by atoms with van der Waals surface area (Å²) in [7, 11) is 0. The van der Waals surface area contributed by atoms with Crippen LogP contribution in [0.5, 0.6) is 0 Å². The van der Waals surface area contributed by atoms with E-state index in [0.717, 1.165) is 17.1 Å². The maximum atomic E-state index is 2.50. The Morgan fingerprint density at radius 2 is 0.943 bits per heavy atom. The largest absolute Gasteiger partial charge is 0.309 e. The van der Waals surface area contributed by atoms with Gasteiger partial charge in [-0.15, -0.1) is 11.3 Å². The summed E-state index contributed by atoms with van der Waals surface area (Å²) >= 11 is 1.86. The smallest absolute Gasteiger partial charge is 0.0540 e. The predicted molar refractivity (Wildman–Crippen MR) is 228 cm³/mol. The van der Waals surface area contributed by atoms with Crippen LogP contribution in [0.2, 0.25) is 0 Å². The van der Waals surface area contributed by atoms with Gasteiger partial charge in [-0.2, -0.15) is 0 Å². The van der Waals surface area contributed by atoms with E-state index in [1.54, 1.807) is 0 Å². The summed E-state index contributed by atoms with van der Waals surface area (Å²) in [6.45, 7) is 4.72. The number of benzene rings is 8. The van der Waals surface area contributed by atoms with E-state index in [1.807, 2.05) is 11.3 Å². The summed E-state index contributed by atoms with van der Waals surface area (Å²) in [4.78, 5) is 2.50. The molecular formula is C51H37NS. The van der Waals surface area contributed by atoms with E-state index in [4.69, 9.17) is 0 Å². The molecule has 0 spiro atoms. The van der Waals surface area contributed by atoms with Crippen LogP contribution in [0, 0.1) is 0 Å². The molecule has 1 heterocycles. The summed E-state index contributed by atoms with van der Waals surface area (Å²) in [6, 6.07) is 69.1. The number of nitrogens with zero attached hydrogens (tertiary/aromatic N) is 1. The average Bonchev–Trinajstić information content (AvgIpc) is 3.70. The quantitative estimate of drug-likeness (QED) is 0.167. The number of hydrogen-bond donors (Lipinski definition) is 0. The monoisotopic (exact) mass is 695 g/mol. The van der Waals surface area contributed by atoms with Gasteiger partial charge in [0, 0.05) is 42.4 Å². The molecule has 0 bridgehead atoms. The number of thiophene rings is 1. The average molecular weight is 696 g/mol. The van der Waals surface area contributed by atoms with Gasteiger partial charge >= 0.3 is 0 Å². The van der Waals surface area contributed by atoms with Crippen molar-refractivity contribution in [2.24, 2.45) is 0 Å². The molecule has 0 fully saturated rings. The Morgan fingerprint density at radius 3 is 1.72 bits per heavy atom. The molecule has 0 radical (unpaired) electrons. The fraction of sp³-hybridized carbons (Fsp3) is 0.0588. The van der Waals surface area contributed by atoms with Crippen LogP contribution in [0.25, 0.3) is 64.7 Å². The Morgan fingerprint density at radius 1 is 0.396 bits per heavy atom. The number of para-hydroxylation sites is 2. The van der Waals surface area contributed by atoms with Crippen molar-refractivity contribution in [3.05, 3.63) is 199 Å². The van der Waals surface area contributed by atoms with Gasteiger partial charge in [0.2, 0.25) is 0 Å². The third kappa shape index (κ3) is 5.05. The Bertz CT molecular complexity index is 2820. The molecule has 2 heteroatoms. The summed E-state index contributed by atoms with van der Waals surface area (Å²) in [5.74, 6) is 0. The van der Waals surface area contributed by atoms with Crippen LogP contribution < -0.4 is 4.90 Å². The molecule has 1 nitrogen and oxygen atoms in total. The van der Waals surface area contributed by atoms with Crippen molar-refractivity contribution >= 4 is 48.6 Å². The van der Waals surface area contributed by atoms with Gasteiger partial charge < -0.3 is 4.90 Å². The van der Waals surface area contributed by atoms with Gasteiger partial charge in [0.05, 0.1) is 11.4 Å². The molecule has 1 aliphatic rings. The summed E-state index contributed by atoms with van der Waals surface area (Å²) < 4.78 is 2.61. The van der Waals surface area contributed by atoms with E-state index in [1.165, 1.54) is 75.8 Å². The molecule has 0 saturated carbocycles. The highest BCUT2D eigenvalue weighted by Gasteiger charge is 2.37. The molecule has 0 aliphatic heterocycles. The normalized spacial score (nSPS) is 12.9. The molecule has 1 aromatic heterocycles. The maximum absolute atomic E-state index is 2.50. The van der Waals surface area contributed by atoms with Gasteiger partial charge in [-0.3, -0.25) is 0 Å². The number of fused-ring (bicyclic) bond motifs is 6. The summed E-state index contributed by atoms with van der Waals surface area (Å²) in [6.07, 6.45) is 0. The van der Waals surface area contributed by atoms with Crippen molar-refractivity contribution < 1.29 is 0 Å². The molecule has 10 rings (SSSR count). The summed E-state index contributed by atoms with van der Waals surface area (Å²) in [5, 5.41) is 2.58. The van der Waals surface area contributed by atoms with E-state index in [0.29, 0.717) is 0 Å². The van der Waals surface area contributed by atoms with Gasteiger partial charge in [0.15, 0.2) is 0 Å². The molecule has 252 valence electrons. The van der Waals surface area contributed by atoms with Gasteiger partial charge in [0.1, 0.15) is 0 Å². The Labute approximate surface area is 315 Å². The molecule has 8 aromatic carbocycles. The van der Waals surface area contributed by atoms with E-state index < -0.39 is 0 Å². The zero-order valence-corrected chi connectivity index (χ0v) is 30.6. The highest BCUT2D eigenvalue weighted by molar-refractivity contribution is 7.25. The Hall–Kier alpha value is -6.22. The van der Waals surface area contributed by atoms with Crippen molar-refractivity contribution in [2.45, 2.75) is 19.3 Å². The van der Waals surface area contributed by atoms with Gasteiger partial charge in [-0.25, -0.2) is 0 Å². The first-order valence-corrected chi connectivity index (χ1v) is 19.2. The van der Waals surface area contributed by atoms with Crippen molar-refractivity contribution in [1.29, 1.82) is 0 Å². The SMILES string of the molecule is CC1(C)c2ccccc2-c2c(-c3ccccc3N(c3ccc4sc5ccccc5c4c3)c3ccccc3-c3ccccc3-c3ccccc3)cccc21. The lowest BCUT2D eigenvalue weighted by Gasteiger charge is -2.31. The first-order valence-electron chi connectivity index (χ1n) is 18.4. The first-order chi connectivity index (χ1) is 26.1. The fourth-order valence-electron chi connectivity index (χ4n) is 8.62. The van der Waals surface area contributed by atoms with Crippen LogP contribution in [-0.2, 0) is 5.41 Å². The van der Waals surface area contributed by atoms with E-state index in [2.05, 4.69) is 207 Å². The first kappa shape index (κ1) is 31.5. The molecule has 0 amide bonds. The molecule has 0 atom stereocenters. The van der Waals surface area contributed by atoms with E-state index in [9.17, 15) is 0 Å². The standard InChI is InChI=1S/C51H37NS/c1-51(2)44-26-12-8-24-42(44)50-41(25-16-27-45(50)51)39-22-10-14-29-47(39)52(35-31-32-49-43(33-35)40-23-11-15-30-48(40)53-49)46-28-13-9-21-38(46)37-20-7-6-19-36(37)34-17-4-3-5-18-34/h3-33H,1-2H3. The third-order valence-corrected chi connectivity index (χ3v) is 12.3. The topological polar surface area (TPSA) is 3.24 Å². The highest BCUT2D eigenvalue weighted by Crippen LogP contribution is 2.54. The fourth-order valence-corrected chi connectivity index (χ4v) is 9.71. The van der Waals surface area contributed by atoms with Crippen LogP contribution in [0.3, 0.4) is 0 Å². The van der Waals surface area contributed by atoms with Crippen LogP contribution in [0.1, 0.15) is 25.0 Å². The number of hydrogen-bond acceptors (Lipinski definition) is 2. The second-order valence-corrected chi connectivity index (χ2v) is 15.5. The lowest BCUT2D eigenvalue weighted by atomic mass is 9.82. The Kier molecular flexibility index (Phi) is 7.42. The van der Waals surface area contributed by atoms with Crippen LogP contribution in [0.4, 0.5) is 17.1 Å². The molecular weight excluding hydrogens is 659 g/mol. The van der Waals surface area contributed by atoms with Crippen molar-refractivity contribution in [3.8, 4) is 44.5 Å². The van der Waals surface area contributed by atoms with Crippen LogP contribution in [0.15, 0.2) is 188 Å². The van der Waals surface area contributed by atoms with Crippen molar-refractivity contribution in [3.63, 3.8) is 0 Å².